The SMILES string of the molecule is C[N+](C)(C)Cc1cc(CCO)c[c]c1C(=O)[O-]. The van der Waals surface area contributed by atoms with Gasteiger partial charge in [-0.15, -0.1) is 0 Å². The summed E-state index contributed by atoms with van der Waals surface area (Å²) in [5, 5.41) is 19.9. The zero-order valence-corrected chi connectivity index (χ0v) is 10.5. The Morgan fingerprint density at radius 2 is 2.12 bits per heavy atom. The van der Waals surface area contributed by atoms with Gasteiger partial charge in [-0.05, 0) is 24.1 Å². The Labute approximate surface area is 102 Å². The number of aliphatic hydroxyl groups is 1. The minimum Gasteiger partial charge on any atom is -0.545 e. The van der Waals surface area contributed by atoms with E-state index in [1.54, 1.807) is 12.1 Å². The van der Waals surface area contributed by atoms with Gasteiger partial charge < -0.3 is 19.5 Å². The predicted octanol–water partition coefficient (Wildman–Crippen LogP) is -0.409. The molecule has 0 saturated carbocycles. The molecule has 4 heteroatoms. The number of carbonyl (C=O) groups is 1. The van der Waals surface area contributed by atoms with E-state index in [0.29, 0.717) is 23.0 Å². The van der Waals surface area contributed by atoms with Crippen molar-refractivity contribution in [2.24, 2.45) is 0 Å². The number of carboxylic acid groups (broad SMARTS) is 1. The van der Waals surface area contributed by atoms with Crippen LogP contribution in [0.2, 0.25) is 0 Å². The first kappa shape index (κ1) is 13.7. The van der Waals surface area contributed by atoms with Gasteiger partial charge in [-0.1, -0.05) is 6.07 Å². The summed E-state index contributed by atoms with van der Waals surface area (Å²) in [6.45, 7) is 0.626. The predicted molar refractivity (Wildman–Crippen MR) is 62.1 cm³/mol. The molecule has 1 aromatic carbocycles. The number of hydrogen-bond acceptors (Lipinski definition) is 3. The van der Waals surface area contributed by atoms with Crippen molar-refractivity contribution < 1.29 is 19.5 Å². The summed E-state index contributed by atoms with van der Waals surface area (Å²) in [6, 6.07) is 6.13. The molecule has 1 radical (unpaired) electrons. The van der Waals surface area contributed by atoms with Crippen molar-refractivity contribution in [3.8, 4) is 0 Å². The van der Waals surface area contributed by atoms with Crippen LogP contribution in [0.5, 0.6) is 0 Å². The molecule has 0 saturated heterocycles. The number of benzene rings is 1. The molecule has 0 heterocycles. The maximum atomic E-state index is 11.0. The zero-order valence-electron chi connectivity index (χ0n) is 10.5. The van der Waals surface area contributed by atoms with Crippen LogP contribution in [0.15, 0.2) is 12.1 Å². The van der Waals surface area contributed by atoms with Crippen LogP contribution in [-0.2, 0) is 13.0 Å². The van der Waals surface area contributed by atoms with Crippen molar-refractivity contribution in [1.29, 1.82) is 0 Å². The topological polar surface area (TPSA) is 60.4 Å². The molecule has 17 heavy (non-hydrogen) atoms. The highest BCUT2D eigenvalue weighted by atomic mass is 16.4. The largest absolute Gasteiger partial charge is 0.545 e. The van der Waals surface area contributed by atoms with Crippen molar-refractivity contribution in [3.05, 3.63) is 34.9 Å². The van der Waals surface area contributed by atoms with Gasteiger partial charge in [-0.2, -0.15) is 0 Å². The second-order valence-corrected chi connectivity index (χ2v) is 5.12. The Balaban J connectivity index is 3.11. The Bertz CT molecular complexity index is 408. The molecule has 0 amide bonds. The molecule has 0 fully saturated rings. The monoisotopic (exact) mass is 236 g/mol. The first-order chi connectivity index (χ1) is 7.83. The van der Waals surface area contributed by atoms with E-state index in [0.717, 1.165) is 5.56 Å². The molecule has 1 aromatic rings. The summed E-state index contributed by atoms with van der Waals surface area (Å²) in [5.74, 6) is -1.20. The van der Waals surface area contributed by atoms with Crippen molar-refractivity contribution in [2.45, 2.75) is 13.0 Å². The van der Waals surface area contributed by atoms with Gasteiger partial charge in [0.2, 0.25) is 0 Å². The van der Waals surface area contributed by atoms with Crippen LogP contribution in [0, 0.1) is 6.07 Å². The molecule has 4 nitrogen and oxygen atoms in total. The van der Waals surface area contributed by atoms with Crippen LogP contribution in [0.25, 0.3) is 0 Å². The Morgan fingerprint density at radius 1 is 1.47 bits per heavy atom. The number of carbonyl (C=O) groups excluding carboxylic acids is 1. The van der Waals surface area contributed by atoms with Gasteiger partial charge in [0.25, 0.3) is 0 Å². The maximum absolute atomic E-state index is 11.0. The first-order valence-electron chi connectivity index (χ1n) is 5.49. The van der Waals surface area contributed by atoms with E-state index in [1.165, 1.54) is 0 Å². The van der Waals surface area contributed by atoms with Crippen LogP contribution in [0.3, 0.4) is 0 Å². The zero-order chi connectivity index (χ0) is 13.1. The molecule has 0 aromatic heterocycles. The lowest BCUT2D eigenvalue weighted by Gasteiger charge is -2.25. The molecule has 0 spiro atoms. The third kappa shape index (κ3) is 4.17. The van der Waals surface area contributed by atoms with Gasteiger partial charge >= 0.3 is 0 Å². The number of rotatable bonds is 5. The number of hydrogen-bond donors (Lipinski definition) is 1. The molecule has 0 aliphatic carbocycles. The normalized spacial score (nSPS) is 11.5. The highest BCUT2D eigenvalue weighted by Crippen LogP contribution is 2.15. The number of aliphatic hydroxyl groups excluding tert-OH is 1. The molecule has 1 rings (SSSR count). The number of aromatic carboxylic acids is 1. The van der Waals surface area contributed by atoms with E-state index in [2.05, 4.69) is 6.07 Å². The summed E-state index contributed by atoms with van der Waals surface area (Å²) >= 11 is 0. The summed E-state index contributed by atoms with van der Waals surface area (Å²) in [5.41, 5.74) is 1.70. The van der Waals surface area contributed by atoms with Crippen molar-refractivity contribution in [3.63, 3.8) is 0 Å². The molecule has 1 N–H and O–H groups in total. The lowest BCUT2D eigenvalue weighted by molar-refractivity contribution is -0.884. The van der Waals surface area contributed by atoms with Crippen LogP contribution in [0.1, 0.15) is 21.5 Å². The average molecular weight is 236 g/mol. The molecular formula is C13H18NO3. The van der Waals surface area contributed by atoms with E-state index in [-0.39, 0.29) is 12.2 Å². The number of nitrogens with zero attached hydrogens (tertiary/aromatic N) is 1. The first-order valence-corrected chi connectivity index (χ1v) is 5.49. The van der Waals surface area contributed by atoms with Gasteiger partial charge in [0.15, 0.2) is 0 Å². The standard InChI is InChI=1S/C13H18NO3/c1-14(2,3)9-11-8-10(6-7-15)4-5-12(11)13(16)17/h4,8,15H,6-7,9H2,1-3H3. The second kappa shape index (κ2) is 5.29. The van der Waals surface area contributed by atoms with E-state index >= 15 is 0 Å². The third-order valence-corrected chi connectivity index (χ3v) is 2.33. The van der Waals surface area contributed by atoms with Crippen LogP contribution < -0.4 is 5.11 Å². The van der Waals surface area contributed by atoms with Crippen LogP contribution in [-0.4, -0.2) is 43.3 Å². The van der Waals surface area contributed by atoms with Gasteiger partial charge in [0.05, 0.1) is 27.1 Å². The quantitative estimate of drug-likeness (QED) is 0.707. The maximum Gasteiger partial charge on any atom is 0.104 e. The number of carboxylic acids is 1. The fraction of sp³-hybridized carbons (Fsp3) is 0.462. The van der Waals surface area contributed by atoms with Gasteiger partial charge in [0.1, 0.15) is 6.54 Å². The molecule has 0 aliphatic heterocycles. The second-order valence-electron chi connectivity index (χ2n) is 5.12. The van der Waals surface area contributed by atoms with Crippen molar-refractivity contribution in [2.75, 3.05) is 27.7 Å². The highest BCUT2D eigenvalue weighted by Gasteiger charge is 2.14. The van der Waals surface area contributed by atoms with Crippen molar-refractivity contribution in [1.82, 2.24) is 0 Å². The molecule has 93 valence electrons. The molecular weight excluding hydrogens is 218 g/mol. The van der Waals surface area contributed by atoms with Crippen LogP contribution in [0.4, 0.5) is 0 Å². The smallest absolute Gasteiger partial charge is 0.104 e. The lowest BCUT2D eigenvalue weighted by Crippen LogP contribution is -2.35. The van der Waals surface area contributed by atoms with E-state index in [9.17, 15) is 9.90 Å². The van der Waals surface area contributed by atoms with Gasteiger partial charge in [-0.3, -0.25) is 0 Å². The Hall–Kier alpha value is -1.39. The highest BCUT2D eigenvalue weighted by molar-refractivity contribution is 5.87. The summed E-state index contributed by atoms with van der Waals surface area (Å²) in [6.07, 6.45) is 0.508. The van der Waals surface area contributed by atoms with Crippen molar-refractivity contribution >= 4 is 5.97 Å². The van der Waals surface area contributed by atoms with E-state index in [1.807, 2.05) is 21.1 Å². The van der Waals surface area contributed by atoms with Crippen LogP contribution >= 0.6 is 0 Å². The average Bonchev–Trinajstić information content (AvgIpc) is 2.15. The molecule has 0 bridgehead atoms. The summed E-state index contributed by atoms with van der Waals surface area (Å²) < 4.78 is 0.622. The van der Waals surface area contributed by atoms with Gasteiger partial charge in [-0.25, -0.2) is 0 Å². The fourth-order valence-corrected chi connectivity index (χ4v) is 1.69. The fourth-order valence-electron chi connectivity index (χ4n) is 1.69. The number of quaternary nitrogens is 1. The van der Waals surface area contributed by atoms with E-state index < -0.39 is 5.97 Å². The Kier molecular flexibility index (Phi) is 4.26. The van der Waals surface area contributed by atoms with Gasteiger partial charge in [0, 0.05) is 17.7 Å². The Morgan fingerprint density at radius 3 is 2.59 bits per heavy atom. The third-order valence-electron chi connectivity index (χ3n) is 2.33. The summed E-state index contributed by atoms with van der Waals surface area (Å²) in [4.78, 5) is 11.0. The molecule has 0 unspecified atom stereocenters. The van der Waals surface area contributed by atoms with E-state index in [4.69, 9.17) is 5.11 Å². The minimum atomic E-state index is -1.20. The molecule has 0 atom stereocenters. The lowest BCUT2D eigenvalue weighted by atomic mass is 10.0. The molecule has 0 aliphatic rings. The minimum absolute atomic E-state index is 0.0440. The summed E-state index contributed by atoms with van der Waals surface area (Å²) in [7, 11) is 5.95.